The number of pyridine rings is 1. The molecule has 3 heteroatoms. The Labute approximate surface area is 107 Å². The second-order valence-electron chi connectivity index (χ2n) is 4.64. The largest absolute Gasteiger partial charge is 0.322 e. The molecule has 0 unspecified atom stereocenters. The second-order valence-corrected chi connectivity index (χ2v) is 4.64. The van der Waals surface area contributed by atoms with Crippen molar-refractivity contribution in [1.29, 1.82) is 0 Å². The van der Waals surface area contributed by atoms with E-state index in [1.54, 1.807) is 6.08 Å². The molecule has 1 aliphatic rings. The summed E-state index contributed by atoms with van der Waals surface area (Å²) in [5.74, 6) is 0.373. The molecule has 0 amide bonds. The molecule has 1 aromatic rings. The lowest BCUT2D eigenvalue weighted by molar-refractivity contribution is 0.457. The van der Waals surface area contributed by atoms with E-state index in [0.29, 0.717) is 5.92 Å². The van der Waals surface area contributed by atoms with Crippen LogP contribution >= 0.6 is 0 Å². The maximum absolute atomic E-state index is 12.1. The van der Waals surface area contributed by atoms with Gasteiger partial charge in [-0.15, -0.1) is 0 Å². The zero-order valence-electron chi connectivity index (χ0n) is 10.8. The number of H-pyrrole nitrogens is 1. The average molecular weight is 244 g/mol. The lowest BCUT2D eigenvalue weighted by atomic mass is 9.91. The molecule has 0 aliphatic carbocycles. The summed E-state index contributed by atoms with van der Waals surface area (Å²) in [4.78, 5) is 15.1. The molecule has 1 saturated heterocycles. The molecule has 2 rings (SSSR count). The molecule has 1 fully saturated rings. The van der Waals surface area contributed by atoms with Crippen molar-refractivity contribution in [2.75, 3.05) is 13.1 Å². The van der Waals surface area contributed by atoms with Crippen molar-refractivity contribution in [3.8, 4) is 0 Å². The van der Waals surface area contributed by atoms with Gasteiger partial charge in [0.15, 0.2) is 0 Å². The van der Waals surface area contributed by atoms with Crippen LogP contribution in [0.4, 0.5) is 0 Å². The first-order chi connectivity index (χ1) is 8.76. The number of nitrogens with one attached hydrogen (secondary N) is 2. The molecule has 0 bridgehead atoms. The predicted molar refractivity (Wildman–Crippen MR) is 76.0 cm³/mol. The van der Waals surface area contributed by atoms with E-state index < -0.39 is 0 Å². The number of hydrogen-bond acceptors (Lipinski definition) is 2. The lowest BCUT2D eigenvalue weighted by Crippen LogP contribution is -2.38. The highest BCUT2D eigenvalue weighted by molar-refractivity contribution is 5.38. The van der Waals surface area contributed by atoms with Gasteiger partial charge in [0.25, 0.3) is 5.56 Å². The molecule has 96 valence electrons. The van der Waals surface area contributed by atoms with E-state index in [-0.39, 0.29) is 5.56 Å². The molecule has 1 aliphatic heterocycles. The maximum atomic E-state index is 12.1. The Morgan fingerprint density at radius 3 is 2.72 bits per heavy atom. The molecular formula is C15H20N2O. The second kappa shape index (κ2) is 5.83. The van der Waals surface area contributed by atoms with E-state index in [4.69, 9.17) is 0 Å². The van der Waals surface area contributed by atoms with Gasteiger partial charge < -0.3 is 10.3 Å². The van der Waals surface area contributed by atoms with E-state index in [2.05, 4.69) is 16.9 Å². The van der Waals surface area contributed by atoms with Gasteiger partial charge in [-0.05, 0) is 50.1 Å². The van der Waals surface area contributed by atoms with Crippen LogP contribution in [0.5, 0.6) is 0 Å². The van der Waals surface area contributed by atoms with Gasteiger partial charge in [0.1, 0.15) is 0 Å². The van der Waals surface area contributed by atoms with Crippen molar-refractivity contribution in [2.24, 2.45) is 0 Å². The molecule has 1 aromatic heterocycles. The molecule has 0 atom stereocenters. The van der Waals surface area contributed by atoms with E-state index >= 15 is 0 Å². The Morgan fingerprint density at radius 1 is 1.39 bits per heavy atom. The van der Waals surface area contributed by atoms with E-state index in [1.807, 2.05) is 25.1 Å². The number of aromatic nitrogens is 1. The van der Waals surface area contributed by atoms with E-state index in [0.717, 1.165) is 42.1 Å². The predicted octanol–water partition coefficient (Wildman–Crippen LogP) is 0.609. The first-order valence-corrected chi connectivity index (χ1v) is 6.49. The van der Waals surface area contributed by atoms with Crippen LogP contribution in [0.15, 0.2) is 23.5 Å². The van der Waals surface area contributed by atoms with Crippen molar-refractivity contribution in [2.45, 2.75) is 25.7 Å². The van der Waals surface area contributed by atoms with Gasteiger partial charge in [0.05, 0.1) is 0 Å². The molecule has 18 heavy (non-hydrogen) atoms. The molecular weight excluding hydrogens is 224 g/mol. The normalized spacial score (nSPS) is 19.2. The standard InChI is InChI=1S/C15H20N2O/c1-3-5-12-10-13(11-6-8-16-9-7-11)15(18)17-14(12)4-2/h3-5,10-11,16H,1,6-9H2,2H3,(H,17,18)/b12-5-,14-4+. The van der Waals surface area contributed by atoms with Gasteiger partial charge >= 0.3 is 0 Å². The fourth-order valence-electron chi connectivity index (χ4n) is 2.52. The molecule has 2 heterocycles. The fraction of sp³-hybridized carbons (Fsp3) is 0.400. The lowest BCUT2D eigenvalue weighted by Gasteiger charge is -2.22. The molecule has 0 spiro atoms. The quantitative estimate of drug-likeness (QED) is 0.800. The maximum Gasteiger partial charge on any atom is 0.251 e. The number of aromatic amines is 1. The highest BCUT2D eigenvalue weighted by Gasteiger charge is 2.17. The fourth-order valence-corrected chi connectivity index (χ4v) is 2.52. The van der Waals surface area contributed by atoms with Gasteiger partial charge in [0.2, 0.25) is 0 Å². The summed E-state index contributed by atoms with van der Waals surface area (Å²) in [5.41, 5.74) is 0.964. The minimum absolute atomic E-state index is 0.0520. The summed E-state index contributed by atoms with van der Waals surface area (Å²) >= 11 is 0. The summed E-state index contributed by atoms with van der Waals surface area (Å²) in [6, 6.07) is 2.02. The topological polar surface area (TPSA) is 44.9 Å². The van der Waals surface area contributed by atoms with Crippen LogP contribution in [-0.4, -0.2) is 18.1 Å². The molecule has 0 radical (unpaired) electrons. The van der Waals surface area contributed by atoms with E-state index in [9.17, 15) is 4.79 Å². The summed E-state index contributed by atoms with van der Waals surface area (Å²) in [5, 5.41) is 5.24. The minimum Gasteiger partial charge on any atom is -0.322 e. The zero-order chi connectivity index (χ0) is 13.0. The number of rotatable bonds is 2. The van der Waals surface area contributed by atoms with Crippen molar-refractivity contribution < 1.29 is 0 Å². The van der Waals surface area contributed by atoms with Crippen LogP contribution in [0.3, 0.4) is 0 Å². The summed E-state index contributed by atoms with van der Waals surface area (Å²) in [6.45, 7) is 7.64. The van der Waals surface area contributed by atoms with Gasteiger partial charge in [-0.2, -0.15) is 0 Å². The Hall–Kier alpha value is -1.61. The summed E-state index contributed by atoms with van der Waals surface area (Å²) in [6.07, 6.45) is 7.68. The molecule has 0 saturated carbocycles. The van der Waals surface area contributed by atoms with Crippen LogP contribution in [-0.2, 0) is 0 Å². The van der Waals surface area contributed by atoms with Gasteiger partial charge in [-0.1, -0.05) is 24.8 Å². The third-order valence-corrected chi connectivity index (χ3v) is 3.50. The Kier molecular flexibility index (Phi) is 4.15. The Morgan fingerprint density at radius 2 is 2.11 bits per heavy atom. The molecule has 2 N–H and O–H groups in total. The van der Waals surface area contributed by atoms with E-state index in [1.165, 1.54) is 0 Å². The first-order valence-electron chi connectivity index (χ1n) is 6.49. The summed E-state index contributed by atoms with van der Waals surface area (Å²) < 4.78 is 0. The minimum atomic E-state index is 0.0520. The van der Waals surface area contributed by atoms with Crippen LogP contribution in [0, 0.1) is 0 Å². The number of hydrogen-bond donors (Lipinski definition) is 2. The van der Waals surface area contributed by atoms with Crippen LogP contribution < -0.4 is 21.4 Å². The SMILES string of the molecule is C=C/C=c1/cc(C2CCNCC2)c(=O)[nH]/c1=C/C. The van der Waals surface area contributed by atoms with Crippen molar-refractivity contribution >= 4 is 12.2 Å². The number of allylic oxidation sites excluding steroid dienone is 1. The summed E-state index contributed by atoms with van der Waals surface area (Å²) in [7, 11) is 0. The third-order valence-electron chi connectivity index (χ3n) is 3.50. The highest BCUT2D eigenvalue weighted by atomic mass is 16.1. The first kappa shape index (κ1) is 12.8. The van der Waals surface area contributed by atoms with Gasteiger partial charge in [-0.25, -0.2) is 0 Å². The van der Waals surface area contributed by atoms with Crippen LogP contribution in [0.25, 0.3) is 12.2 Å². The molecule has 3 nitrogen and oxygen atoms in total. The Bertz CT molecular complexity index is 592. The van der Waals surface area contributed by atoms with Gasteiger partial charge in [0, 0.05) is 10.9 Å². The van der Waals surface area contributed by atoms with Crippen molar-refractivity contribution in [1.82, 2.24) is 10.3 Å². The van der Waals surface area contributed by atoms with Gasteiger partial charge in [-0.3, -0.25) is 4.79 Å². The average Bonchev–Trinajstić information content (AvgIpc) is 2.41. The monoisotopic (exact) mass is 244 g/mol. The highest BCUT2D eigenvalue weighted by Crippen LogP contribution is 2.20. The zero-order valence-corrected chi connectivity index (χ0v) is 10.8. The van der Waals surface area contributed by atoms with Crippen molar-refractivity contribution in [3.63, 3.8) is 0 Å². The smallest absolute Gasteiger partial charge is 0.251 e. The third kappa shape index (κ3) is 2.62. The Balaban J connectivity index is 2.55. The molecule has 0 aromatic carbocycles. The van der Waals surface area contributed by atoms with Crippen LogP contribution in [0.1, 0.15) is 31.2 Å². The van der Waals surface area contributed by atoms with Crippen molar-refractivity contribution in [3.05, 3.63) is 45.2 Å². The van der Waals surface area contributed by atoms with Crippen LogP contribution in [0.2, 0.25) is 0 Å². The number of piperidine rings is 1.